The number of hydrogen-bond acceptors (Lipinski definition) is 5. The summed E-state index contributed by atoms with van der Waals surface area (Å²) in [6, 6.07) is 5.11. The molecule has 2 rings (SSSR count). The van der Waals surface area contributed by atoms with Crippen molar-refractivity contribution in [3.8, 4) is 5.75 Å². The molecule has 21 heavy (non-hydrogen) atoms. The molecule has 1 N–H and O–H groups in total. The summed E-state index contributed by atoms with van der Waals surface area (Å²) in [5.41, 5.74) is 0. The lowest BCUT2D eigenvalue weighted by molar-refractivity contribution is 0.321. The minimum atomic E-state index is -3.66. The van der Waals surface area contributed by atoms with Crippen molar-refractivity contribution in [1.82, 2.24) is 4.72 Å². The topological polar surface area (TPSA) is 89.5 Å². The van der Waals surface area contributed by atoms with Crippen molar-refractivity contribution in [3.05, 3.63) is 30.1 Å². The fourth-order valence-electron chi connectivity index (χ4n) is 2.02. The van der Waals surface area contributed by atoms with E-state index in [1.54, 1.807) is 6.07 Å². The maximum Gasteiger partial charge on any atom is 0.215 e. The molecule has 0 saturated carbocycles. The molecule has 0 amide bonds. The molecule has 0 spiro atoms. The predicted molar refractivity (Wildman–Crippen MR) is 75.9 cm³/mol. The van der Waals surface area contributed by atoms with Crippen LogP contribution in [0.4, 0.5) is 4.39 Å². The van der Waals surface area contributed by atoms with E-state index in [1.165, 1.54) is 18.2 Å². The molecule has 1 atom stereocenters. The van der Waals surface area contributed by atoms with E-state index in [2.05, 4.69) is 4.72 Å². The van der Waals surface area contributed by atoms with Gasteiger partial charge in [-0.15, -0.1) is 0 Å². The molecule has 0 aromatic heterocycles. The highest BCUT2D eigenvalue weighted by Gasteiger charge is 2.30. The average Bonchev–Trinajstić information content (AvgIpc) is 2.70. The number of hydrogen-bond donors (Lipinski definition) is 1. The molecular weight excluding hydrogens is 321 g/mol. The van der Waals surface area contributed by atoms with Crippen molar-refractivity contribution in [2.24, 2.45) is 0 Å². The molecule has 1 saturated heterocycles. The SMILES string of the molecule is O=S1(=O)CC[C@@H](NS(=O)(=O)CCOc2ccccc2F)C1. The van der Waals surface area contributed by atoms with E-state index in [4.69, 9.17) is 4.74 Å². The van der Waals surface area contributed by atoms with E-state index in [0.717, 1.165) is 0 Å². The molecular formula is C12H16FNO5S2. The molecule has 1 aromatic rings. The van der Waals surface area contributed by atoms with Gasteiger partial charge in [-0.05, 0) is 18.6 Å². The number of benzene rings is 1. The van der Waals surface area contributed by atoms with Crippen molar-refractivity contribution >= 4 is 19.9 Å². The van der Waals surface area contributed by atoms with Gasteiger partial charge in [-0.3, -0.25) is 0 Å². The number of nitrogens with one attached hydrogen (secondary N) is 1. The van der Waals surface area contributed by atoms with Crippen molar-refractivity contribution in [2.45, 2.75) is 12.5 Å². The van der Waals surface area contributed by atoms with Crippen LogP contribution in [-0.4, -0.2) is 46.7 Å². The lowest BCUT2D eigenvalue weighted by Crippen LogP contribution is -2.38. The number of rotatable bonds is 6. The lowest BCUT2D eigenvalue weighted by atomic mass is 10.3. The fraction of sp³-hybridized carbons (Fsp3) is 0.500. The Kier molecular flexibility index (Phi) is 4.84. The summed E-state index contributed by atoms with van der Waals surface area (Å²) < 4.78 is 66.8. The Morgan fingerprint density at radius 1 is 1.33 bits per heavy atom. The van der Waals surface area contributed by atoms with Gasteiger partial charge in [0.2, 0.25) is 10.0 Å². The van der Waals surface area contributed by atoms with Crippen LogP contribution in [0.3, 0.4) is 0 Å². The number of sulfonamides is 1. The van der Waals surface area contributed by atoms with Gasteiger partial charge in [0.1, 0.15) is 6.61 Å². The average molecular weight is 337 g/mol. The van der Waals surface area contributed by atoms with Gasteiger partial charge in [-0.1, -0.05) is 12.1 Å². The van der Waals surface area contributed by atoms with Gasteiger partial charge in [-0.2, -0.15) is 0 Å². The molecule has 6 nitrogen and oxygen atoms in total. The second-order valence-corrected chi connectivity index (χ2v) is 8.92. The van der Waals surface area contributed by atoms with E-state index in [-0.39, 0.29) is 36.0 Å². The van der Waals surface area contributed by atoms with Crippen LogP contribution >= 0.6 is 0 Å². The van der Waals surface area contributed by atoms with E-state index in [1.807, 2.05) is 0 Å². The smallest absolute Gasteiger partial charge is 0.215 e. The standard InChI is InChI=1S/C12H16FNO5S2/c13-11-3-1-2-4-12(11)19-6-8-21(17,18)14-10-5-7-20(15,16)9-10/h1-4,10,14H,5-9H2/t10-/m1/s1. The minimum absolute atomic E-state index is 0.00802. The number of halogens is 1. The monoisotopic (exact) mass is 337 g/mol. The van der Waals surface area contributed by atoms with Crippen molar-refractivity contribution < 1.29 is 26.0 Å². The Bertz CT molecular complexity index is 702. The highest BCUT2D eigenvalue weighted by molar-refractivity contribution is 7.92. The van der Waals surface area contributed by atoms with E-state index < -0.39 is 31.7 Å². The van der Waals surface area contributed by atoms with Gasteiger partial charge in [0.05, 0.1) is 17.3 Å². The van der Waals surface area contributed by atoms with E-state index in [9.17, 15) is 21.2 Å². The molecule has 1 aliphatic heterocycles. The predicted octanol–water partition coefficient (Wildman–Crippen LogP) is 0.311. The zero-order valence-electron chi connectivity index (χ0n) is 11.2. The van der Waals surface area contributed by atoms with Crippen LogP contribution in [0.2, 0.25) is 0 Å². The molecule has 0 bridgehead atoms. The van der Waals surface area contributed by atoms with E-state index >= 15 is 0 Å². The van der Waals surface area contributed by atoms with Crippen molar-refractivity contribution in [3.63, 3.8) is 0 Å². The van der Waals surface area contributed by atoms with Crippen LogP contribution in [0, 0.1) is 5.82 Å². The third-order valence-electron chi connectivity index (χ3n) is 3.02. The Balaban J connectivity index is 1.83. The van der Waals surface area contributed by atoms with Gasteiger partial charge in [0, 0.05) is 6.04 Å². The molecule has 0 unspecified atom stereocenters. The molecule has 1 aliphatic rings. The molecule has 118 valence electrons. The minimum Gasteiger partial charge on any atom is -0.489 e. The van der Waals surface area contributed by atoms with Crippen LogP contribution in [0.15, 0.2) is 24.3 Å². The lowest BCUT2D eigenvalue weighted by Gasteiger charge is -2.12. The van der Waals surface area contributed by atoms with Crippen LogP contribution < -0.4 is 9.46 Å². The molecule has 1 heterocycles. The first-order valence-corrected chi connectivity index (χ1v) is 9.82. The highest BCUT2D eigenvalue weighted by atomic mass is 32.2. The first-order chi connectivity index (χ1) is 9.77. The van der Waals surface area contributed by atoms with Gasteiger partial charge in [0.15, 0.2) is 21.4 Å². The Morgan fingerprint density at radius 3 is 2.67 bits per heavy atom. The Hall–Kier alpha value is -1.19. The Morgan fingerprint density at radius 2 is 2.05 bits per heavy atom. The molecule has 1 aromatic carbocycles. The maximum atomic E-state index is 13.3. The third-order valence-corrected chi connectivity index (χ3v) is 6.19. The zero-order valence-corrected chi connectivity index (χ0v) is 12.8. The first kappa shape index (κ1) is 16.2. The van der Waals surface area contributed by atoms with Crippen LogP contribution in [0.25, 0.3) is 0 Å². The largest absolute Gasteiger partial charge is 0.489 e. The van der Waals surface area contributed by atoms with Gasteiger partial charge in [0.25, 0.3) is 0 Å². The number of ether oxygens (including phenoxy) is 1. The third kappa shape index (κ3) is 4.94. The summed E-state index contributed by atoms with van der Waals surface area (Å²) >= 11 is 0. The summed E-state index contributed by atoms with van der Waals surface area (Å²) in [5.74, 6) is -1.13. The molecule has 0 radical (unpaired) electrons. The molecule has 9 heteroatoms. The number of sulfone groups is 1. The van der Waals surface area contributed by atoms with E-state index in [0.29, 0.717) is 0 Å². The molecule has 0 aliphatic carbocycles. The first-order valence-electron chi connectivity index (χ1n) is 6.35. The molecule has 1 fully saturated rings. The quantitative estimate of drug-likeness (QED) is 0.807. The van der Waals surface area contributed by atoms with Crippen LogP contribution in [0.1, 0.15) is 6.42 Å². The van der Waals surface area contributed by atoms with Crippen LogP contribution in [0.5, 0.6) is 5.75 Å². The van der Waals surface area contributed by atoms with Gasteiger partial charge < -0.3 is 4.74 Å². The van der Waals surface area contributed by atoms with Crippen LogP contribution in [-0.2, 0) is 19.9 Å². The van der Waals surface area contributed by atoms with Crippen molar-refractivity contribution in [2.75, 3.05) is 23.9 Å². The highest BCUT2D eigenvalue weighted by Crippen LogP contribution is 2.15. The summed E-state index contributed by atoms with van der Waals surface area (Å²) in [4.78, 5) is 0. The van der Waals surface area contributed by atoms with Gasteiger partial charge in [-0.25, -0.2) is 25.9 Å². The second kappa shape index (κ2) is 6.29. The van der Waals surface area contributed by atoms with Gasteiger partial charge >= 0.3 is 0 Å². The fourth-order valence-corrected chi connectivity index (χ4v) is 4.93. The summed E-state index contributed by atoms with van der Waals surface area (Å²) in [5, 5.41) is 0. The zero-order chi connectivity index (χ0) is 15.5. The summed E-state index contributed by atoms with van der Waals surface area (Å²) in [6.45, 7) is -0.213. The maximum absolute atomic E-state index is 13.3. The van der Waals surface area contributed by atoms with Crippen molar-refractivity contribution in [1.29, 1.82) is 0 Å². The second-order valence-electron chi connectivity index (χ2n) is 4.82. The number of para-hydroxylation sites is 1. The summed E-state index contributed by atoms with van der Waals surface area (Å²) in [7, 11) is -6.80. The summed E-state index contributed by atoms with van der Waals surface area (Å²) in [6.07, 6.45) is 0.274. The normalized spacial score (nSPS) is 21.3. The Labute approximate surface area is 123 Å².